The zero-order valence-electron chi connectivity index (χ0n) is 33.3. The van der Waals surface area contributed by atoms with Crippen LogP contribution in [-0.4, -0.2) is 143 Å². The number of carbonyl (C=O) groups is 1. The third kappa shape index (κ3) is 8.64. The van der Waals surface area contributed by atoms with Gasteiger partial charge in [-0.2, -0.15) is 0 Å². The van der Waals surface area contributed by atoms with Gasteiger partial charge in [0.2, 0.25) is 0 Å². The molecule has 13 nitrogen and oxygen atoms in total. The van der Waals surface area contributed by atoms with Crippen LogP contribution in [0.1, 0.15) is 101 Å². The van der Waals surface area contributed by atoms with Crippen LogP contribution in [0.3, 0.4) is 0 Å². The lowest BCUT2D eigenvalue weighted by Crippen LogP contribution is -2.60. The number of aliphatic hydroxyl groups excluding tert-OH is 3. The molecule has 298 valence electrons. The fourth-order valence-corrected chi connectivity index (χ4v) is 9.35. The van der Waals surface area contributed by atoms with Crippen molar-refractivity contribution in [2.45, 2.75) is 192 Å². The molecule has 0 radical (unpaired) electrons. The van der Waals surface area contributed by atoms with Gasteiger partial charge in [-0.1, -0.05) is 34.1 Å². The number of nitrogens with zero attached hydrogens (tertiary/aromatic N) is 1. The quantitative estimate of drug-likeness (QED) is 0.243. The molecule has 2 bridgehead atoms. The molecule has 4 aliphatic heterocycles. The molecule has 4 saturated heterocycles. The SMILES string of the molecule is CCC[C@@H](O)[C@@](C)(O)[C@@H]1OC(=O)[C@H](C)[C@@H](OC2CC(C)(OC)C(O)C(C)O2)[C@H](C)[C@@H](OC2OC(C)CC(N(C)C)C2O)[C@]2(C)C[C@@H](C)[C@@H](O2)[C@@H]1C. The molecular weight excluding hydrogens is 662 g/mol. The fourth-order valence-electron chi connectivity index (χ4n) is 9.35. The van der Waals surface area contributed by atoms with Crippen LogP contribution in [0, 0.1) is 23.7 Å². The first kappa shape index (κ1) is 42.8. The first-order chi connectivity index (χ1) is 23.6. The third-order valence-corrected chi connectivity index (χ3v) is 12.5. The molecule has 4 rings (SSSR count). The van der Waals surface area contributed by atoms with E-state index in [0.29, 0.717) is 25.7 Å². The van der Waals surface area contributed by atoms with Gasteiger partial charge in [0.25, 0.3) is 0 Å². The summed E-state index contributed by atoms with van der Waals surface area (Å²) in [4.78, 5) is 16.3. The molecule has 4 N–H and O–H groups in total. The second kappa shape index (κ2) is 16.4. The Kier molecular flexibility index (Phi) is 13.8. The van der Waals surface area contributed by atoms with E-state index >= 15 is 0 Å². The van der Waals surface area contributed by atoms with Crippen LogP contribution in [0.5, 0.6) is 0 Å². The number of likely N-dealkylation sites (N-methyl/N-ethyl adjacent to an activating group) is 1. The lowest BCUT2D eigenvalue weighted by atomic mass is 9.75. The average Bonchev–Trinajstić information content (AvgIpc) is 3.37. The van der Waals surface area contributed by atoms with Crippen molar-refractivity contribution in [3.8, 4) is 0 Å². The number of fused-ring (bicyclic) bond motifs is 2. The minimum atomic E-state index is -1.78. The standard InChI is InChI=1S/C38H69NO12/c1-14-15-26(40)38(10,44)33-21(4)29-19(2)17-37(9,51-29)32(50-35-28(41)25(39(11)12)16-20(3)46-35)22(5)30(23(6)34(43)49-33)48-27-18-36(8,45-13)31(42)24(7)47-27/h19-33,35,40-42,44H,14-18H2,1-13H3/t19-,20?,21+,22+,23-,24?,25?,26-,27?,28?,29-,30+,31?,32-,33-,35?,36?,37+,38-/m1/s1. The zero-order valence-corrected chi connectivity index (χ0v) is 33.3. The molecule has 4 heterocycles. The number of ether oxygens (including phenoxy) is 7. The van der Waals surface area contributed by atoms with Gasteiger partial charge >= 0.3 is 5.97 Å². The Balaban J connectivity index is 1.82. The number of esters is 1. The van der Waals surface area contributed by atoms with Crippen molar-refractivity contribution in [1.82, 2.24) is 4.90 Å². The van der Waals surface area contributed by atoms with Crippen LogP contribution in [0.25, 0.3) is 0 Å². The van der Waals surface area contributed by atoms with E-state index < -0.39 is 102 Å². The Bertz CT molecular complexity index is 1160. The summed E-state index contributed by atoms with van der Waals surface area (Å²) in [6.07, 6.45) is -6.65. The van der Waals surface area contributed by atoms with Crippen molar-refractivity contribution >= 4 is 5.97 Å². The maximum atomic E-state index is 14.3. The van der Waals surface area contributed by atoms with Crippen LogP contribution >= 0.6 is 0 Å². The minimum Gasteiger partial charge on any atom is -0.459 e. The lowest BCUT2D eigenvalue weighted by Gasteiger charge is -2.48. The summed E-state index contributed by atoms with van der Waals surface area (Å²) in [6, 6.07) is -0.213. The van der Waals surface area contributed by atoms with Gasteiger partial charge in [0.1, 0.15) is 23.9 Å². The third-order valence-electron chi connectivity index (χ3n) is 12.5. The predicted octanol–water partition coefficient (Wildman–Crippen LogP) is 3.01. The molecule has 51 heavy (non-hydrogen) atoms. The van der Waals surface area contributed by atoms with Gasteiger partial charge in [-0.05, 0) is 80.8 Å². The molecule has 0 amide bonds. The van der Waals surface area contributed by atoms with E-state index in [1.54, 1.807) is 20.8 Å². The molecular formula is C38H69NO12. The molecule has 0 saturated carbocycles. The zero-order chi connectivity index (χ0) is 38.4. The van der Waals surface area contributed by atoms with E-state index in [1.165, 1.54) is 14.0 Å². The molecule has 0 aromatic rings. The largest absolute Gasteiger partial charge is 0.459 e. The van der Waals surface area contributed by atoms with Crippen molar-refractivity contribution in [2.75, 3.05) is 21.2 Å². The monoisotopic (exact) mass is 731 g/mol. The van der Waals surface area contributed by atoms with Crippen molar-refractivity contribution in [2.24, 2.45) is 23.7 Å². The Labute approximate surface area is 305 Å². The number of hydrogen-bond acceptors (Lipinski definition) is 13. The molecule has 0 spiro atoms. The molecule has 19 atom stereocenters. The maximum Gasteiger partial charge on any atom is 0.311 e. The van der Waals surface area contributed by atoms with Gasteiger partial charge in [-0.25, -0.2) is 0 Å². The minimum absolute atomic E-state index is 0.0584. The number of methoxy groups -OCH3 is 1. The summed E-state index contributed by atoms with van der Waals surface area (Å²) < 4.78 is 45.2. The Morgan fingerprint density at radius 1 is 1.02 bits per heavy atom. The highest BCUT2D eigenvalue weighted by atomic mass is 16.7. The Morgan fingerprint density at radius 2 is 1.67 bits per heavy atom. The second-order valence-electron chi connectivity index (χ2n) is 17.1. The van der Waals surface area contributed by atoms with Crippen LogP contribution in [-0.2, 0) is 38.0 Å². The molecule has 0 aliphatic carbocycles. The highest BCUT2D eigenvalue weighted by Gasteiger charge is 2.59. The summed E-state index contributed by atoms with van der Waals surface area (Å²) in [5.74, 6) is -2.67. The van der Waals surface area contributed by atoms with E-state index in [4.69, 9.17) is 33.2 Å². The van der Waals surface area contributed by atoms with Crippen molar-refractivity contribution < 1.29 is 58.4 Å². The molecule has 4 fully saturated rings. The first-order valence-corrected chi connectivity index (χ1v) is 19.1. The highest BCUT2D eigenvalue weighted by Crippen LogP contribution is 2.48. The molecule has 13 heteroatoms. The summed E-state index contributed by atoms with van der Waals surface area (Å²) >= 11 is 0. The van der Waals surface area contributed by atoms with Crippen molar-refractivity contribution in [1.29, 1.82) is 0 Å². The van der Waals surface area contributed by atoms with E-state index in [2.05, 4.69) is 6.92 Å². The average molecular weight is 732 g/mol. The maximum absolute atomic E-state index is 14.3. The van der Waals surface area contributed by atoms with Crippen LogP contribution in [0.2, 0.25) is 0 Å². The van der Waals surface area contributed by atoms with E-state index in [0.717, 1.165) is 0 Å². The van der Waals surface area contributed by atoms with E-state index in [1.807, 2.05) is 53.6 Å². The van der Waals surface area contributed by atoms with Gasteiger partial charge < -0.3 is 58.5 Å². The van der Waals surface area contributed by atoms with E-state index in [9.17, 15) is 25.2 Å². The smallest absolute Gasteiger partial charge is 0.311 e. The van der Waals surface area contributed by atoms with Crippen LogP contribution in [0.4, 0.5) is 0 Å². The van der Waals surface area contributed by atoms with Crippen LogP contribution < -0.4 is 0 Å². The number of carbonyl (C=O) groups excluding carboxylic acids is 1. The predicted molar refractivity (Wildman–Crippen MR) is 189 cm³/mol. The second-order valence-corrected chi connectivity index (χ2v) is 17.1. The van der Waals surface area contributed by atoms with Crippen molar-refractivity contribution in [3.05, 3.63) is 0 Å². The number of cyclic esters (lactones) is 1. The number of rotatable bonds is 10. The number of hydrogen-bond donors (Lipinski definition) is 4. The summed E-state index contributed by atoms with van der Waals surface area (Å²) in [6.45, 7) is 18.5. The summed E-state index contributed by atoms with van der Waals surface area (Å²) in [7, 11) is 5.37. The Morgan fingerprint density at radius 3 is 2.25 bits per heavy atom. The fraction of sp³-hybridized carbons (Fsp3) is 0.974. The van der Waals surface area contributed by atoms with Crippen LogP contribution in [0.15, 0.2) is 0 Å². The molecule has 0 aromatic carbocycles. The summed E-state index contributed by atoms with van der Waals surface area (Å²) in [5.41, 5.74) is -3.72. The van der Waals surface area contributed by atoms with Gasteiger partial charge in [0, 0.05) is 31.4 Å². The molecule has 8 unspecified atom stereocenters. The topological polar surface area (TPSA) is 166 Å². The number of aliphatic hydroxyl groups is 4. The van der Waals surface area contributed by atoms with Crippen molar-refractivity contribution in [3.63, 3.8) is 0 Å². The molecule has 4 aliphatic rings. The normalized spacial score (nSPS) is 48.8. The molecule has 0 aromatic heterocycles. The lowest BCUT2D eigenvalue weighted by molar-refractivity contribution is -0.318. The van der Waals surface area contributed by atoms with Gasteiger partial charge in [0.05, 0.1) is 53.7 Å². The first-order valence-electron chi connectivity index (χ1n) is 19.1. The van der Waals surface area contributed by atoms with Gasteiger partial charge in [-0.3, -0.25) is 4.79 Å². The highest BCUT2D eigenvalue weighted by molar-refractivity contribution is 5.73. The summed E-state index contributed by atoms with van der Waals surface area (Å²) in [5, 5.41) is 45.6. The van der Waals surface area contributed by atoms with Gasteiger partial charge in [-0.15, -0.1) is 0 Å². The Hall–Kier alpha value is -0.970. The van der Waals surface area contributed by atoms with E-state index in [-0.39, 0.29) is 24.5 Å². The van der Waals surface area contributed by atoms with Gasteiger partial charge in [0.15, 0.2) is 12.6 Å².